The maximum atomic E-state index is 13.5. The first-order valence-electron chi connectivity index (χ1n) is 7.21. The van der Waals surface area contributed by atoms with E-state index < -0.39 is 0 Å². The maximum Gasteiger partial charge on any atom is 0.273 e. The van der Waals surface area contributed by atoms with Gasteiger partial charge >= 0.3 is 0 Å². The average molecular weight is 305 g/mol. The van der Waals surface area contributed by atoms with Gasteiger partial charge in [0.2, 0.25) is 5.89 Å². The highest BCUT2D eigenvalue weighted by Gasteiger charge is 2.19. The van der Waals surface area contributed by atoms with Crippen LogP contribution in [0.5, 0.6) is 0 Å². The van der Waals surface area contributed by atoms with Gasteiger partial charge in [-0.25, -0.2) is 9.37 Å². The Morgan fingerprint density at radius 1 is 1.41 bits per heavy atom. The number of amides is 1. The van der Waals surface area contributed by atoms with Gasteiger partial charge in [-0.1, -0.05) is 32.0 Å². The minimum Gasteiger partial charge on any atom is -0.446 e. The number of halogens is 1. The normalized spacial score (nSPS) is 12.4. The number of rotatable bonds is 6. The van der Waals surface area contributed by atoms with E-state index in [1.54, 1.807) is 18.2 Å². The Bertz CT molecular complexity index is 640. The predicted molar refractivity (Wildman–Crippen MR) is 80.7 cm³/mol. The topological polar surface area (TPSA) is 81.1 Å². The van der Waals surface area contributed by atoms with Gasteiger partial charge in [0.05, 0.1) is 6.04 Å². The molecule has 1 amide bonds. The molecule has 2 rings (SSSR count). The first-order valence-corrected chi connectivity index (χ1v) is 7.21. The lowest BCUT2D eigenvalue weighted by Crippen LogP contribution is -2.26. The van der Waals surface area contributed by atoms with Crippen LogP contribution in [0.3, 0.4) is 0 Å². The summed E-state index contributed by atoms with van der Waals surface area (Å²) in [7, 11) is 0. The number of nitrogens with zero attached hydrogens (tertiary/aromatic N) is 1. The molecular weight excluding hydrogens is 285 g/mol. The number of hydrogen-bond acceptors (Lipinski definition) is 4. The lowest BCUT2D eigenvalue weighted by molar-refractivity contribution is 0.0949. The molecule has 118 valence electrons. The van der Waals surface area contributed by atoms with Crippen LogP contribution >= 0.6 is 0 Å². The predicted octanol–water partition coefficient (Wildman–Crippen LogP) is 2.44. The fourth-order valence-corrected chi connectivity index (χ4v) is 1.93. The molecule has 1 aromatic carbocycles. The molecule has 2 aromatic rings. The summed E-state index contributed by atoms with van der Waals surface area (Å²) in [5.41, 5.74) is 6.66. The van der Waals surface area contributed by atoms with Gasteiger partial charge in [-0.3, -0.25) is 4.79 Å². The Morgan fingerprint density at radius 3 is 2.82 bits per heavy atom. The number of carbonyl (C=O) groups excluding carboxylic acids is 1. The van der Waals surface area contributed by atoms with Crippen molar-refractivity contribution >= 4 is 5.91 Å². The van der Waals surface area contributed by atoms with Crippen molar-refractivity contribution in [3.8, 4) is 0 Å². The van der Waals surface area contributed by atoms with Gasteiger partial charge < -0.3 is 15.5 Å². The zero-order valence-corrected chi connectivity index (χ0v) is 12.7. The number of aromatic nitrogens is 1. The van der Waals surface area contributed by atoms with Crippen LogP contribution in [-0.4, -0.2) is 17.4 Å². The SMILES string of the molecule is CC(C)C(N)c1nc(C(=O)NCCc2ccccc2F)co1. The highest BCUT2D eigenvalue weighted by atomic mass is 19.1. The van der Waals surface area contributed by atoms with E-state index in [9.17, 15) is 9.18 Å². The van der Waals surface area contributed by atoms with Crippen LogP contribution in [0.2, 0.25) is 0 Å². The molecule has 1 aromatic heterocycles. The van der Waals surface area contributed by atoms with Gasteiger partial charge in [0.1, 0.15) is 12.1 Å². The second kappa shape index (κ2) is 7.17. The molecule has 22 heavy (non-hydrogen) atoms. The molecule has 0 aliphatic carbocycles. The Morgan fingerprint density at radius 2 is 2.14 bits per heavy atom. The van der Waals surface area contributed by atoms with E-state index in [1.165, 1.54) is 12.3 Å². The first-order chi connectivity index (χ1) is 10.5. The van der Waals surface area contributed by atoms with Crippen LogP contribution in [0.15, 0.2) is 34.9 Å². The summed E-state index contributed by atoms with van der Waals surface area (Å²) in [5, 5.41) is 2.69. The Kier molecular flexibility index (Phi) is 5.27. The van der Waals surface area contributed by atoms with Gasteiger partial charge in [-0.2, -0.15) is 0 Å². The molecule has 0 fully saturated rings. The second-order valence-corrected chi connectivity index (χ2v) is 5.44. The zero-order chi connectivity index (χ0) is 16.1. The monoisotopic (exact) mass is 305 g/mol. The van der Waals surface area contributed by atoms with E-state index in [0.717, 1.165) is 0 Å². The van der Waals surface area contributed by atoms with E-state index in [0.29, 0.717) is 24.4 Å². The van der Waals surface area contributed by atoms with Gasteiger partial charge in [-0.15, -0.1) is 0 Å². The van der Waals surface area contributed by atoms with E-state index in [-0.39, 0.29) is 29.4 Å². The van der Waals surface area contributed by atoms with Crippen molar-refractivity contribution in [1.29, 1.82) is 0 Å². The maximum absolute atomic E-state index is 13.5. The molecule has 0 radical (unpaired) electrons. The van der Waals surface area contributed by atoms with Gasteiger partial charge in [0, 0.05) is 6.54 Å². The molecule has 0 aliphatic heterocycles. The quantitative estimate of drug-likeness (QED) is 0.859. The van der Waals surface area contributed by atoms with Crippen molar-refractivity contribution in [3.63, 3.8) is 0 Å². The zero-order valence-electron chi connectivity index (χ0n) is 12.7. The molecule has 0 bridgehead atoms. The number of carbonyl (C=O) groups is 1. The third kappa shape index (κ3) is 3.92. The van der Waals surface area contributed by atoms with Crippen molar-refractivity contribution in [3.05, 3.63) is 53.5 Å². The van der Waals surface area contributed by atoms with Crippen molar-refractivity contribution in [2.45, 2.75) is 26.3 Å². The number of oxazole rings is 1. The van der Waals surface area contributed by atoms with Crippen molar-refractivity contribution in [1.82, 2.24) is 10.3 Å². The molecule has 1 atom stereocenters. The van der Waals surface area contributed by atoms with Gasteiger partial charge in [0.25, 0.3) is 5.91 Å². The number of benzene rings is 1. The van der Waals surface area contributed by atoms with E-state index in [2.05, 4.69) is 10.3 Å². The number of hydrogen-bond donors (Lipinski definition) is 2. The molecule has 0 saturated carbocycles. The smallest absolute Gasteiger partial charge is 0.273 e. The fraction of sp³-hybridized carbons (Fsp3) is 0.375. The molecule has 1 unspecified atom stereocenters. The number of nitrogens with two attached hydrogens (primary N) is 1. The van der Waals surface area contributed by atoms with E-state index >= 15 is 0 Å². The average Bonchev–Trinajstić information content (AvgIpc) is 2.98. The summed E-state index contributed by atoms with van der Waals surface area (Å²) < 4.78 is 18.7. The summed E-state index contributed by atoms with van der Waals surface area (Å²) in [6.07, 6.45) is 1.70. The molecular formula is C16H20FN3O2. The summed E-state index contributed by atoms with van der Waals surface area (Å²) in [4.78, 5) is 16.1. The lowest BCUT2D eigenvalue weighted by Gasteiger charge is -2.10. The molecule has 3 N–H and O–H groups in total. The Balaban J connectivity index is 1.89. The minimum atomic E-state index is -0.359. The summed E-state index contributed by atoms with van der Waals surface area (Å²) >= 11 is 0. The third-order valence-corrected chi connectivity index (χ3v) is 3.40. The highest BCUT2D eigenvalue weighted by Crippen LogP contribution is 2.17. The van der Waals surface area contributed by atoms with Crippen molar-refractivity contribution < 1.29 is 13.6 Å². The summed E-state index contributed by atoms with van der Waals surface area (Å²) in [5.74, 6) is -0.129. The third-order valence-electron chi connectivity index (χ3n) is 3.40. The Hall–Kier alpha value is -2.21. The first kappa shape index (κ1) is 16.2. The minimum absolute atomic E-state index is 0.163. The second-order valence-electron chi connectivity index (χ2n) is 5.44. The van der Waals surface area contributed by atoms with E-state index in [4.69, 9.17) is 10.2 Å². The van der Waals surface area contributed by atoms with Crippen LogP contribution in [0, 0.1) is 11.7 Å². The molecule has 0 aliphatic rings. The fourth-order valence-electron chi connectivity index (χ4n) is 1.93. The van der Waals surface area contributed by atoms with Crippen LogP contribution in [0.25, 0.3) is 0 Å². The van der Waals surface area contributed by atoms with E-state index in [1.807, 2.05) is 13.8 Å². The molecule has 5 nitrogen and oxygen atoms in total. The van der Waals surface area contributed by atoms with Gasteiger partial charge in [0.15, 0.2) is 5.69 Å². The summed E-state index contributed by atoms with van der Waals surface area (Å²) in [6.45, 7) is 4.21. The lowest BCUT2D eigenvalue weighted by atomic mass is 10.1. The highest BCUT2D eigenvalue weighted by molar-refractivity contribution is 5.91. The standard InChI is InChI=1S/C16H20FN3O2/c1-10(2)14(18)16-20-13(9-22-16)15(21)19-8-7-11-5-3-4-6-12(11)17/h3-6,9-10,14H,7-8,18H2,1-2H3,(H,19,21). The molecule has 0 spiro atoms. The molecule has 1 heterocycles. The van der Waals surface area contributed by atoms with Crippen LogP contribution < -0.4 is 11.1 Å². The Labute approximate surface area is 128 Å². The van der Waals surface area contributed by atoms with Crippen LogP contribution in [0.1, 0.15) is 41.8 Å². The number of nitrogens with one attached hydrogen (secondary N) is 1. The van der Waals surface area contributed by atoms with Crippen molar-refractivity contribution in [2.24, 2.45) is 11.7 Å². The van der Waals surface area contributed by atoms with Crippen molar-refractivity contribution in [2.75, 3.05) is 6.54 Å². The molecule has 0 saturated heterocycles. The largest absolute Gasteiger partial charge is 0.446 e. The van der Waals surface area contributed by atoms with Gasteiger partial charge in [-0.05, 0) is 24.0 Å². The van der Waals surface area contributed by atoms with Crippen LogP contribution in [-0.2, 0) is 6.42 Å². The molecule has 6 heteroatoms. The summed E-state index contributed by atoms with van der Waals surface area (Å²) in [6, 6.07) is 6.13. The van der Waals surface area contributed by atoms with Crippen LogP contribution in [0.4, 0.5) is 4.39 Å².